The largest absolute Gasteiger partial charge is 0.481 e. The maximum Gasteiger partial charge on any atom is 0.309 e. The van der Waals surface area contributed by atoms with E-state index in [0.29, 0.717) is 12.0 Å². The molecule has 0 heterocycles. The highest BCUT2D eigenvalue weighted by atomic mass is 79.9. The van der Waals surface area contributed by atoms with Gasteiger partial charge in [0, 0.05) is 8.95 Å². The average Bonchev–Trinajstić information content (AvgIpc) is 2.28. The number of carboxylic acid groups (broad SMARTS) is 1. The summed E-state index contributed by atoms with van der Waals surface area (Å²) in [5.74, 6) is -1.72. The molecule has 5 heteroatoms. The molecule has 2 N–H and O–H groups in total. The third kappa shape index (κ3) is 3.79. The first-order valence-electron chi connectivity index (χ1n) is 5.33. The number of aliphatic carboxylic acids is 1. The first-order chi connectivity index (χ1) is 7.97. The average molecular weight is 366 g/mol. The summed E-state index contributed by atoms with van der Waals surface area (Å²) in [6.45, 7) is 1.90. The standard InChI is InChI=1S/C12H14Br2O3/c1-2-3-8(12(16)17)11(15)7-4-5-9(13)10(14)6-7/h4-6,8,11,15H,2-3H2,1H3,(H,16,17). The fourth-order valence-electron chi connectivity index (χ4n) is 1.66. The van der Waals surface area contributed by atoms with Crippen LogP contribution >= 0.6 is 31.9 Å². The van der Waals surface area contributed by atoms with E-state index in [1.807, 2.05) is 6.92 Å². The highest BCUT2D eigenvalue weighted by Gasteiger charge is 2.27. The van der Waals surface area contributed by atoms with E-state index >= 15 is 0 Å². The van der Waals surface area contributed by atoms with Gasteiger partial charge in [-0.3, -0.25) is 4.79 Å². The molecule has 0 aliphatic carbocycles. The van der Waals surface area contributed by atoms with E-state index in [9.17, 15) is 9.90 Å². The minimum Gasteiger partial charge on any atom is -0.481 e. The van der Waals surface area contributed by atoms with Crippen LogP contribution in [0.2, 0.25) is 0 Å². The molecule has 0 spiro atoms. The van der Waals surface area contributed by atoms with Gasteiger partial charge in [0.15, 0.2) is 0 Å². The van der Waals surface area contributed by atoms with E-state index in [1.54, 1.807) is 18.2 Å². The van der Waals surface area contributed by atoms with Crippen molar-refractivity contribution in [2.24, 2.45) is 5.92 Å². The summed E-state index contributed by atoms with van der Waals surface area (Å²) >= 11 is 6.66. The van der Waals surface area contributed by atoms with Gasteiger partial charge < -0.3 is 10.2 Å². The molecule has 0 radical (unpaired) electrons. The van der Waals surface area contributed by atoms with Crippen LogP contribution in [0, 0.1) is 5.92 Å². The van der Waals surface area contributed by atoms with Crippen LogP contribution in [0.3, 0.4) is 0 Å². The Labute approximate surface area is 117 Å². The van der Waals surface area contributed by atoms with Crippen molar-refractivity contribution < 1.29 is 15.0 Å². The van der Waals surface area contributed by atoms with E-state index in [1.165, 1.54) is 0 Å². The van der Waals surface area contributed by atoms with Crippen LogP contribution in [0.4, 0.5) is 0 Å². The van der Waals surface area contributed by atoms with Gasteiger partial charge in [0.25, 0.3) is 0 Å². The van der Waals surface area contributed by atoms with Crippen molar-refractivity contribution in [3.05, 3.63) is 32.7 Å². The number of hydrogen-bond acceptors (Lipinski definition) is 2. The fraction of sp³-hybridized carbons (Fsp3) is 0.417. The second-order valence-corrected chi connectivity index (χ2v) is 5.56. The lowest BCUT2D eigenvalue weighted by atomic mass is 9.92. The molecular formula is C12H14Br2O3. The van der Waals surface area contributed by atoms with Gasteiger partial charge in [-0.25, -0.2) is 0 Å². The lowest BCUT2D eigenvalue weighted by Crippen LogP contribution is -2.21. The van der Waals surface area contributed by atoms with E-state index in [-0.39, 0.29) is 0 Å². The molecule has 1 rings (SSSR count). The van der Waals surface area contributed by atoms with Crippen molar-refractivity contribution in [2.45, 2.75) is 25.9 Å². The molecule has 0 fully saturated rings. The van der Waals surface area contributed by atoms with Crippen molar-refractivity contribution in [3.8, 4) is 0 Å². The van der Waals surface area contributed by atoms with Gasteiger partial charge in [0.2, 0.25) is 0 Å². The Balaban J connectivity index is 2.96. The maximum atomic E-state index is 11.1. The van der Waals surface area contributed by atoms with Gasteiger partial charge in [0.1, 0.15) is 0 Å². The summed E-state index contributed by atoms with van der Waals surface area (Å²) in [5, 5.41) is 19.2. The number of aliphatic hydroxyl groups is 1. The molecule has 17 heavy (non-hydrogen) atoms. The molecule has 94 valence electrons. The number of halogens is 2. The molecular weight excluding hydrogens is 352 g/mol. The lowest BCUT2D eigenvalue weighted by Gasteiger charge is -2.19. The van der Waals surface area contributed by atoms with Crippen LogP contribution in [0.5, 0.6) is 0 Å². The maximum absolute atomic E-state index is 11.1. The third-order valence-corrected chi connectivity index (χ3v) is 4.46. The number of aliphatic hydroxyl groups excluding tert-OH is 1. The van der Waals surface area contributed by atoms with Gasteiger partial charge in [0.05, 0.1) is 12.0 Å². The van der Waals surface area contributed by atoms with Gasteiger partial charge in [-0.05, 0) is 56.0 Å². The van der Waals surface area contributed by atoms with E-state index in [2.05, 4.69) is 31.9 Å². The van der Waals surface area contributed by atoms with Crippen LogP contribution in [0.15, 0.2) is 27.1 Å². The molecule has 0 aromatic heterocycles. The Morgan fingerprint density at radius 1 is 1.35 bits per heavy atom. The minimum atomic E-state index is -0.975. The summed E-state index contributed by atoms with van der Waals surface area (Å²) < 4.78 is 1.67. The molecule has 1 aromatic carbocycles. The predicted octanol–water partition coefficient (Wildman–Crippen LogP) is 3.75. The molecule has 0 saturated carbocycles. The van der Waals surface area contributed by atoms with Crippen molar-refractivity contribution in [1.29, 1.82) is 0 Å². The van der Waals surface area contributed by atoms with E-state index in [4.69, 9.17) is 5.11 Å². The van der Waals surface area contributed by atoms with Crippen molar-refractivity contribution in [1.82, 2.24) is 0 Å². The monoisotopic (exact) mass is 364 g/mol. The summed E-state index contributed by atoms with van der Waals surface area (Å²) in [7, 11) is 0. The summed E-state index contributed by atoms with van der Waals surface area (Å²) in [4.78, 5) is 11.1. The van der Waals surface area contributed by atoms with Crippen LogP contribution < -0.4 is 0 Å². The smallest absolute Gasteiger partial charge is 0.309 e. The van der Waals surface area contributed by atoms with Crippen LogP contribution in [0.25, 0.3) is 0 Å². The summed E-state index contributed by atoms with van der Waals surface area (Å²) in [6.07, 6.45) is 0.215. The highest BCUT2D eigenvalue weighted by molar-refractivity contribution is 9.13. The molecule has 1 aromatic rings. The van der Waals surface area contributed by atoms with Crippen LogP contribution in [-0.4, -0.2) is 16.2 Å². The van der Waals surface area contributed by atoms with E-state index in [0.717, 1.165) is 15.4 Å². The van der Waals surface area contributed by atoms with Crippen LogP contribution in [0.1, 0.15) is 31.4 Å². The zero-order valence-corrected chi connectivity index (χ0v) is 12.5. The molecule has 2 atom stereocenters. The van der Waals surface area contributed by atoms with Crippen molar-refractivity contribution in [2.75, 3.05) is 0 Å². The number of benzene rings is 1. The third-order valence-electron chi connectivity index (χ3n) is 2.58. The second kappa shape index (κ2) is 6.52. The second-order valence-electron chi connectivity index (χ2n) is 3.85. The Morgan fingerprint density at radius 2 is 2.00 bits per heavy atom. The number of carbonyl (C=O) groups is 1. The Kier molecular flexibility index (Phi) is 5.62. The SMILES string of the molecule is CCCC(C(=O)O)C(O)c1ccc(Br)c(Br)c1. The number of rotatable bonds is 5. The molecule has 0 bridgehead atoms. The molecule has 0 saturated heterocycles. The zero-order chi connectivity index (χ0) is 13.0. The molecule has 0 aliphatic heterocycles. The number of hydrogen-bond donors (Lipinski definition) is 2. The first kappa shape index (κ1) is 14.7. The zero-order valence-electron chi connectivity index (χ0n) is 9.36. The van der Waals surface area contributed by atoms with Gasteiger partial charge in [-0.15, -0.1) is 0 Å². The quantitative estimate of drug-likeness (QED) is 0.835. The lowest BCUT2D eigenvalue weighted by molar-refractivity contribution is -0.146. The Hall–Kier alpha value is -0.390. The fourth-order valence-corrected chi connectivity index (χ4v) is 2.30. The Bertz CT molecular complexity index is 407. The van der Waals surface area contributed by atoms with Gasteiger partial charge >= 0.3 is 5.97 Å². The minimum absolute atomic E-state index is 0.462. The normalized spacial score (nSPS) is 14.4. The molecule has 2 unspecified atom stereocenters. The Morgan fingerprint density at radius 3 is 2.47 bits per heavy atom. The van der Waals surface area contributed by atoms with Gasteiger partial charge in [-0.2, -0.15) is 0 Å². The molecule has 0 aliphatic rings. The van der Waals surface area contributed by atoms with Crippen molar-refractivity contribution in [3.63, 3.8) is 0 Å². The highest BCUT2D eigenvalue weighted by Crippen LogP contribution is 2.31. The van der Waals surface area contributed by atoms with Crippen molar-refractivity contribution >= 4 is 37.8 Å². The van der Waals surface area contributed by atoms with E-state index < -0.39 is 18.0 Å². The first-order valence-corrected chi connectivity index (χ1v) is 6.91. The molecule has 0 amide bonds. The summed E-state index contributed by atoms with van der Waals surface area (Å²) in [5.41, 5.74) is 0.612. The van der Waals surface area contributed by atoms with Gasteiger partial charge in [-0.1, -0.05) is 19.4 Å². The molecule has 3 nitrogen and oxygen atoms in total. The number of carboxylic acids is 1. The van der Waals surface area contributed by atoms with Crippen LogP contribution in [-0.2, 0) is 4.79 Å². The summed E-state index contributed by atoms with van der Waals surface area (Å²) in [6, 6.07) is 5.25. The topological polar surface area (TPSA) is 57.5 Å². The predicted molar refractivity (Wildman–Crippen MR) is 72.8 cm³/mol.